The molecule has 0 aromatic heterocycles. The number of fused-ring (bicyclic) bond motifs is 2. The number of Topliss-reactive ketones (excluding diaryl/α,β-unsaturated/α-hetero) is 2. The van der Waals surface area contributed by atoms with Gasteiger partial charge in [-0.2, -0.15) is 0 Å². The molecule has 0 amide bonds. The Morgan fingerprint density at radius 3 is 1.49 bits per heavy atom. The Kier molecular flexibility index (Phi) is 16.3. The summed E-state index contributed by atoms with van der Waals surface area (Å²) in [5.41, 5.74) is 7.98. The monoisotopic (exact) mass is 884 g/mol. The van der Waals surface area contributed by atoms with E-state index in [1.54, 1.807) is 6.20 Å². The van der Waals surface area contributed by atoms with Crippen LogP contribution in [-0.4, -0.2) is 11.6 Å². The van der Waals surface area contributed by atoms with Crippen LogP contribution in [0.1, 0.15) is 103 Å². The number of hydrogen-bond acceptors (Lipinski definition) is 6. The van der Waals surface area contributed by atoms with E-state index >= 15 is 0 Å². The van der Waals surface area contributed by atoms with Gasteiger partial charge in [0.15, 0.2) is 11.6 Å². The van der Waals surface area contributed by atoms with Gasteiger partial charge in [0.2, 0.25) is 0 Å². The summed E-state index contributed by atoms with van der Waals surface area (Å²) in [6.07, 6.45) is 27.4. The molecule has 2 N–H and O–H groups in total. The number of anilines is 2. The van der Waals surface area contributed by atoms with Crippen LogP contribution in [0, 0.1) is 33.7 Å². The van der Waals surface area contributed by atoms with E-state index in [1.807, 2.05) is 72.9 Å². The molecular weight excluding hydrogens is 835 g/mol. The van der Waals surface area contributed by atoms with Crippen LogP contribution in [0.15, 0.2) is 119 Å². The van der Waals surface area contributed by atoms with Crippen molar-refractivity contribution in [3.63, 3.8) is 0 Å². The zero-order valence-corrected chi connectivity index (χ0v) is 33.2. The van der Waals surface area contributed by atoms with Gasteiger partial charge in [0, 0.05) is 34.7 Å². The second kappa shape index (κ2) is 20.9. The molecule has 2 aromatic rings. The van der Waals surface area contributed by atoms with Crippen molar-refractivity contribution in [2.24, 2.45) is 5.92 Å². The van der Waals surface area contributed by atoms with Crippen molar-refractivity contribution in [1.29, 1.82) is 0 Å². The van der Waals surface area contributed by atoms with E-state index < -0.39 is 27.8 Å². The number of carbonyl (C=O) groups excluding carboxylic acids is 2. The second-order valence-corrected chi connectivity index (χ2v) is 13.9. The third-order valence-electron chi connectivity index (χ3n) is 9.32. The zero-order valence-electron chi connectivity index (χ0n) is 29.1. The van der Waals surface area contributed by atoms with E-state index in [2.05, 4.69) is 36.6 Å². The molecular formula is C42H50N2O4U. The molecule has 0 radical (unpaired) electrons. The molecule has 0 atom stereocenters. The van der Waals surface area contributed by atoms with Crippen LogP contribution in [0.25, 0.3) is 5.57 Å². The fourth-order valence-electron chi connectivity index (χ4n) is 6.77. The van der Waals surface area contributed by atoms with Crippen LogP contribution in [0.5, 0.6) is 0 Å². The Balaban J connectivity index is 0.00000174. The molecule has 7 heteroatoms. The molecule has 2 aliphatic carbocycles. The Bertz CT molecular complexity index is 1670. The van der Waals surface area contributed by atoms with Crippen LogP contribution in [-0.2, 0) is 14.1 Å². The number of ketones is 2. The van der Waals surface area contributed by atoms with Gasteiger partial charge in [0.05, 0.1) is 11.4 Å². The molecule has 3 heterocycles. The third kappa shape index (κ3) is 11.5. The number of nitrogens with one attached hydrogen (secondary N) is 2. The van der Waals surface area contributed by atoms with Crippen molar-refractivity contribution < 1.29 is 41.9 Å². The summed E-state index contributed by atoms with van der Waals surface area (Å²) < 4.78 is 17.2. The molecule has 6 nitrogen and oxygen atoms in total. The molecule has 7 rings (SSSR count). The van der Waals surface area contributed by atoms with Crippen molar-refractivity contribution in [3.8, 4) is 0 Å². The van der Waals surface area contributed by atoms with E-state index in [-0.39, 0.29) is 17.5 Å². The summed E-state index contributed by atoms with van der Waals surface area (Å²) in [7, 11) is 0. The summed E-state index contributed by atoms with van der Waals surface area (Å²) in [4.78, 5) is 27.5. The van der Waals surface area contributed by atoms with E-state index in [1.165, 1.54) is 63.4 Å². The normalized spacial score (nSPS) is 20.5. The number of para-hydroxylation sites is 2. The van der Waals surface area contributed by atoms with Gasteiger partial charge < -0.3 is 10.6 Å². The standard InChI is InChI=1S/C42H50N2O2.2O.U/c1-31(2)39-33-21-13-10-8-6-4-3-5-7-9-11-14-22-34-26-28-36(42(46)40(34)32-19-15-12-16-20-32)30-44-38-24-18-17-23-37(38)43-29-35(27-25-33)41(39)45;;;/h12,15-20,23-31,43-44H,3-11,13-14,21-22H2,1-2H3;;;/b35-29-,36-30-;;;. The summed E-state index contributed by atoms with van der Waals surface area (Å²) >= 11 is -2.51. The SMILES string of the molecule is CC(C)C1=C2C=C/C(=C/Nc3ccccc3N/C=C3/C=CC(=C(c4ccccc4)C3=O)CCCCCCCCCCCCC2)C1=O.[O]=[U]=[O]. The summed E-state index contributed by atoms with van der Waals surface area (Å²) in [5, 5.41) is 6.75. The van der Waals surface area contributed by atoms with Crippen molar-refractivity contribution in [1.82, 2.24) is 0 Å². The van der Waals surface area contributed by atoms with Gasteiger partial charge in [0.25, 0.3) is 0 Å². The van der Waals surface area contributed by atoms with Crippen molar-refractivity contribution in [3.05, 3.63) is 125 Å². The topological polar surface area (TPSA) is 92.3 Å². The average Bonchev–Trinajstić information content (AvgIpc) is 3.10. The molecule has 0 saturated heterocycles. The van der Waals surface area contributed by atoms with Gasteiger partial charge in [-0.1, -0.05) is 126 Å². The summed E-state index contributed by atoms with van der Waals surface area (Å²) in [5.74, 6) is 0.325. The molecule has 0 unspecified atom stereocenters. The van der Waals surface area contributed by atoms with Gasteiger partial charge in [-0.25, -0.2) is 0 Å². The Labute approximate surface area is 307 Å². The van der Waals surface area contributed by atoms with Gasteiger partial charge in [-0.15, -0.1) is 0 Å². The van der Waals surface area contributed by atoms with Gasteiger partial charge in [0.1, 0.15) is 0 Å². The first-order valence-electron chi connectivity index (χ1n) is 17.9. The molecule has 4 bridgehead atoms. The second-order valence-electron chi connectivity index (χ2n) is 13.2. The Morgan fingerprint density at radius 2 is 0.980 bits per heavy atom. The Hall–Kier alpha value is -3.53. The van der Waals surface area contributed by atoms with Gasteiger partial charge in [-0.05, 0) is 72.6 Å². The van der Waals surface area contributed by atoms with Crippen LogP contribution >= 0.6 is 0 Å². The van der Waals surface area contributed by atoms with Gasteiger partial charge in [-0.3, -0.25) is 9.59 Å². The number of allylic oxidation sites excluding steroid dienone is 10. The molecule has 0 fully saturated rings. The van der Waals surface area contributed by atoms with Crippen LogP contribution in [0.4, 0.5) is 11.4 Å². The number of benzene rings is 2. The van der Waals surface area contributed by atoms with Crippen molar-refractivity contribution >= 4 is 28.5 Å². The molecule has 49 heavy (non-hydrogen) atoms. The molecule has 5 aliphatic rings. The van der Waals surface area contributed by atoms with Crippen molar-refractivity contribution in [2.45, 2.75) is 97.3 Å². The zero-order chi connectivity index (χ0) is 34.8. The van der Waals surface area contributed by atoms with Crippen molar-refractivity contribution in [2.75, 3.05) is 10.6 Å². The molecule has 0 saturated carbocycles. The third-order valence-corrected chi connectivity index (χ3v) is 9.32. The van der Waals surface area contributed by atoms with Crippen LogP contribution in [0.2, 0.25) is 0 Å². The predicted octanol–water partition coefficient (Wildman–Crippen LogP) is 10.8. The first-order chi connectivity index (χ1) is 23.9. The first-order valence-corrected chi connectivity index (χ1v) is 21.3. The summed E-state index contributed by atoms with van der Waals surface area (Å²) in [6.45, 7) is 4.24. The maximum atomic E-state index is 13.9. The van der Waals surface area contributed by atoms with E-state index in [0.29, 0.717) is 11.1 Å². The molecule has 2 aromatic carbocycles. The van der Waals surface area contributed by atoms with E-state index in [4.69, 9.17) is 4.47 Å². The molecule has 3 aliphatic heterocycles. The van der Waals surface area contributed by atoms with E-state index in [0.717, 1.165) is 59.3 Å². The van der Waals surface area contributed by atoms with Crippen LogP contribution < -0.4 is 10.6 Å². The average molecular weight is 885 g/mol. The minimum absolute atomic E-state index is 0.0443. The minimum atomic E-state index is -2.51. The predicted molar refractivity (Wildman–Crippen MR) is 195 cm³/mol. The number of hydrogen-bond donors (Lipinski definition) is 2. The quantitative estimate of drug-likeness (QED) is 0.312. The molecule has 256 valence electrons. The maximum absolute atomic E-state index is 13.9. The van der Waals surface area contributed by atoms with E-state index in [9.17, 15) is 9.59 Å². The fourth-order valence-corrected chi connectivity index (χ4v) is 6.77. The Morgan fingerprint density at radius 1 is 0.551 bits per heavy atom. The molecule has 0 spiro atoms. The number of rotatable bonds is 2. The van der Waals surface area contributed by atoms with Crippen LogP contribution in [0.3, 0.4) is 0 Å². The fraction of sp³-hybridized carbons (Fsp3) is 0.381. The first kappa shape index (κ1) is 38.3. The van der Waals surface area contributed by atoms with Gasteiger partial charge >= 0.3 is 32.3 Å². The number of carbonyl (C=O) groups is 2. The summed E-state index contributed by atoms with van der Waals surface area (Å²) in [6, 6.07) is 17.9.